The number of benzene rings is 3. The second-order valence-corrected chi connectivity index (χ2v) is 8.75. The Balaban J connectivity index is 1.76. The Bertz CT molecular complexity index is 1220. The number of anilines is 1. The minimum absolute atomic E-state index is 0.0248. The lowest BCUT2D eigenvalue weighted by Crippen LogP contribution is -2.34. The van der Waals surface area contributed by atoms with Crippen LogP contribution in [0.2, 0.25) is 0 Å². The zero-order valence-electron chi connectivity index (χ0n) is 19.6. The van der Waals surface area contributed by atoms with E-state index in [4.69, 9.17) is 4.74 Å². The molecule has 9 nitrogen and oxygen atoms in total. The Morgan fingerprint density at radius 2 is 1.67 bits per heavy atom. The van der Waals surface area contributed by atoms with E-state index in [1.165, 1.54) is 16.4 Å². The number of nitro groups is 1. The molecule has 10 heteroatoms. The summed E-state index contributed by atoms with van der Waals surface area (Å²) in [5.74, 6) is -0.469. The van der Waals surface area contributed by atoms with E-state index in [2.05, 4.69) is 5.32 Å². The Morgan fingerprint density at radius 3 is 2.31 bits per heavy atom. The number of nitro benzene ring substituents is 1. The highest BCUT2D eigenvalue weighted by Crippen LogP contribution is 2.25. The molecule has 0 fully saturated rings. The monoisotopic (exact) mass is 507 g/mol. The lowest BCUT2D eigenvalue weighted by molar-refractivity contribution is -0.384. The van der Waals surface area contributed by atoms with Crippen LogP contribution in [0.4, 0.5) is 16.2 Å². The summed E-state index contributed by atoms with van der Waals surface area (Å²) in [6, 6.07) is 21.1. The van der Waals surface area contributed by atoms with Gasteiger partial charge in [0.05, 0.1) is 16.2 Å². The fraction of sp³-hybridized carbons (Fsp3) is 0.192. The van der Waals surface area contributed by atoms with E-state index in [0.717, 1.165) is 30.0 Å². The second-order valence-electron chi connectivity index (χ2n) is 7.64. The number of amides is 2. The maximum atomic E-state index is 13.1. The largest absolute Gasteiger partial charge is 0.444 e. The minimum atomic E-state index is -0.670. The molecule has 186 valence electrons. The van der Waals surface area contributed by atoms with Crippen molar-refractivity contribution in [2.45, 2.75) is 20.0 Å². The number of ether oxygens (including phenoxy) is 1. The van der Waals surface area contributed by atoms with Crippen molar-refractivity contribution in [1.29, 1.82) is 0 Å². The highest BCUT2D eigenvalue weighted by Gasteiger charge is 2.23. The van der Waals surface area contributed by atoms with E-state index in [9.17, 15) is 24.5 Å². The van der Waals surface area contributed by atoms with Crippen molar-refractivity contribution >= 4 is 41.1 Å². The summed E-state index contributed by atoms with van der Waals surface area (Å²) in [5, 5.41) is 13.9. The Labute approximate surface area is 212 Å². The maximum absolute atomic E-state index is 13.1. The molecule has 36 heavy (non-hydrogen) atoms. The molecule has 0 spiro atoms. The molecule has 2 amide bonds. The SMILES string of the molecule is CCCSN(CC(=O)Nc1ccc([N+](=O)[O-])cc1C(=O)c1ccccc1)C(=O)OCc1ccccc1. The van der Waals surface area contributed by atoms with Gasteiger partial charge in [-0.1, -0.05) is 67.6 Å². The van der Waals surface area contributed by atoms with Crippen molar-refractivity contribution in [2.24, 2.45) is 0 Å². The van der Waals surface area contributed by atoms with Crippen LogP contribution in [-0.2, 0) is 16.1 Å². The van der Waals surface area contributed by atoms with Crippen LogP contribution in [0.1, 0.15) is 34.8 Å². The molecule has 0 aliphatic rings. The third-order valence-electron chi connectivity index (χ3n) is 4.92. The molecule has 0 heterocycles. The van der Waals surface area contributed by atoms with Crippen LogP contribution in [0.15, 0.2) is 78.9 Å². The standard InChI is InChI=1S/C26H25N3O6S/c1-2-15-36-28(26(32)35-18-19-9-5-3-6-10-19)17-24(30)27-23-14-13-21(29(33)34)16-22(23)25(31)20-11-7-4-8-12-20/h3-14,16H,2,15,17-18H2,1H3,(H,27,30). The quantitative estimate of drug-likeness (QED) is 0.158. The number of nitrogens with zero attached hydrogens (tertiary/aromatic N) is 2. The van der Waals surface area contributed by atoms with E-state index in [1.807, 2.05) is 37.3 Å². The minimum Gasteiger partial charge on any atom is -0.444 e. The molecule has 0 unspecified atom stereocenters. The lowest BCUT2D eigenvalue weighted by Gasteiger charge is -2.20. The highest BCUT2D eigenvalue weighted by atomic mass is 32.2. The molecule has 0 radical (unpaired) electrons. The Morgan fingerprint density at radius 1 is 1.00 bits per heavy atom. The molecule has 3 aromatic carbocycles. The third kappa shape index (κ3) is 7.41. The summed E-state index contributed by atoms with van der Waals surface area (Å²) in [6.07, 6.45) is 0.101. The fourth-order valence-corrected chi connectivity index (χ4v) is 3.93. The molecular weight excluding hydrogens is 482 g/mol. The summed E-state index contributed by atoms with van der Waals surface area (Å²) in [6.45, 7) is 1.66. The molecule has 0 aliphatic carbocycles. The van der Waals surface area contributed by atoms with Crippen molar-refractivity contribution in [3.8, 4) is 0 Å². The molecule has 0 saturated carbocycles. The first-order chi connectivity index (χ1) is 17.4. The molecule has 0 atom stereocenters. The molecule has 1 N–H and O–H groups in total. The van der Waals surface area contributed by atoms with Gasteiger partial charge in [0.15, 0.2) is 5.78 Å². The number of carbonyl (C=O) groups is 3. The molecule has 0 saturated heterocycles. The van der Waals surface area contributed by atoms with Crippen molar-refractivity contribution < 1.29 is 24.0 Å². The van der Waals surface area contributed by atoms with Gasteiger partial charge in [0.25, 0.3) is 5.69 Å². The van der Waals surface area contributed by atoms with Crippen LogP contribution in [0.3, 0.4) is 0 Å². The third-order valence-corrected chi connectivity index (χ3v) is 6.10. The van der Waals surface area contributed by atoms with Crippen LogP contribution >= 0.6 is 11.9 Å². The van der Waals surface area contributed by atoms with Crippen LogP contribution in [-0.4, -0.2) is 39.3 Å². The van der Waals surface area contributed by atoms with Gasteiger partial charge in [0.1, 0.15) is 13.2 Å². The van der Waals surface area contributed by atoms with E-state index < -0.39 is 22.7 Å². The summed E-state index contributed by atoms with van der Waals surface area (Å²) in [7, 11) is 0. The van der Waals surface area contributed by atoms with Crippen LogP contribution in [0.5, 0.6) is 0 Å². The number of hydrogen-bond donors (Lipinski definition) is 1. The van der Waals surface area contributed by atoms with Gasteiger partial charge in [-0.2, -0.15) is 0 Å². The molecule has 3 aromatic rings. The summed E-state index contributed by atoms with van der Waals surface area (Å²) < 4.78 is 6.57. The molecule has 0 aromatic heterocycles. The predicted molar refractivity (Wildman–Crippen MR) is 138 cm³/mol. The van der Waals surface area contributed by atoms with Crippen molar-refractivity contribution in [1.82, 2.24) is 4.31 Å². The van der Waals surface area contributed by atoms with Gasteiger partial charge in [-0.05, 0) is 30.0 Å². The van der Waals surface area contributed by atoms with Gasteiger partial charge < -0.3 is 10.1 Å². The zero-order valence-corrected chi connectivity index (χ0v) is 20.4. The van der Waals surface area contributed by atoms with E-state index >= 15 is 0 Å². The second kappa shape index (κ2) is 13.1. The normalized spacial score (nSPS) is 10.4. The van der Waals surface area contributed by atoms with Crippen molar-refractivity contribution in [3.05, 3.63) is 106 Å². The first kappa shape index (κ1) is 26.4. The molecule has 0 bridgehead atoms. The smallest absolute Gasteiger partial charge is 0.420 e. The van der Waals surface area contributed by atoms with E-state index in [1.54, 1.807) is 30.3 Å². The first-order valence-corrected chi connectivity index (χ1v) is 12.1. The highest BCUT2D eigenvalue weighted by molar-refractivity contribution is 7.97. The topological polar surface area (TPSA) is 119 Å². The van der Waals surface area contributed by atoms with E-state index in [-0.39, 0.29) is 30.1 Å². The van der Waals surface area contributed by atoms with Gasteiger partial charge >= 0.3 is 6.09 Å². The van der Waals surface area contributed by atoms with Crippen molar-refractivity contribution in [2.75, 3.05) is 17.6 Å². The van der Waals surface area contributed by atoms with Gasteiger partial charge in [-0.15, -0.1) is 0 Å². The fourth-order valence-electron chi connectivity index (χ4n) is 3.16. The van der Waals surface area contributed by atoms with Gasteiger partial charge in [-0.3, -0.25) is 19.7 Å². The molecule has 3 rings (SSSR count). The number of nitrogens with one attached hydrogen (secondary N) is 1. The Kier molecular flexibility index (Phi) is 9.58. The average molecular weight is 508 g/mol. The molecular formula is C26H25N3O6S. The summed E-state index contributed by atoms with van der Waals surface area (Å²) in [5.41, 5.74) is 0.932. The lowest BCUT2D eigenvalue weighted by atomic mass is 10.0. The predicted octanol–water partition coefficient (Wildman–Crippen LogP) is 5.46. The Hall–Kier alpha value is -4.18. The van der Waals surface area contributed by atoms with Gasteiger partial charge in [0, 0.05) is 23.4 Å². The first-order valence-electron chi connectivity index (χ1n) is 11.2. The van der Waals surface area contributed by atoms with Gasteiger partial charge in [0.2, 0.25) is 5.91 Å². The maximum Gasteiger partial charge on any atom is 0.420 e. The number of ketones is 1. The molecule has 0 aliphatic heterocycles. The summed E-state index contributed by atoms with van der Waals surface area (Å²) in [4.78, 5) is 49.3. The zero-order chi connectivity index (χ0) is 25.9. The van der Waals surface area contributed by atoms with Crippen LogP contribution in [0, 0.1) is 10.1 Å². The number of hydrogen-bond acceptors (Lipinski definition) is 7. The number of rotatable bonds is 11. The van der Waals surface area contributed by atoms with Crippen molar-refractivity contribution in [3.63, 3.8) is 0 Å². The van der Waals surface area contributed by atoms with Gasteiger partial charge in [-0.25, -0.2) is 9.10 Å². The number of non-ortho nitro benzene ring substituents is 1. The average Bonchev–Trinajstić information content (AvgIpc) is 2.90. The van der Waals surface area contributed by atoms with Crippen LogP contribution < -0.4 is 5.32 Å². The number of carbonyl (C=O) groups excluding carboxylic acids is 3. The van der Waals surface area contributed by atoms with Crippen LogP contribution in [0.25, 0.3) is 0 Å². The van der Waals surface area contributed by atoms with E-state index in [0.29, 0.717) is 11.3 Å². The summed E-state index contributed by atoms with van der Waals surface area (Å²) >= 11 is 1.16.